The van der Waals surface area contributed by atoms with Crippen LogP contribution in [0.5, 0.6) is 0 Å². The number of aliphatic imine (C=N–C) groups is 1. The number of guanidine groups is 1. The predicted molar refractivity (Wildman–Crippen MR) is 111 cm³/mol. The maximum Gasteiger partial charge on any atom is 0.193 e. The molecule has 0 aliphatic carbocycles. The fraction of sp³-hybridized carbons (Fsp3) is 0.556. The molecular formula is C18H28IN5. The van der Waals surface area contributed by atoms with Crippen LogP contribution in [0, 0.1) is 5.92 Å². The second kappa shape index (κ2) is 9.25. The normalized spacial score (nSPS) is 18.5. The summed E-state index contributed by atoms with van der Waals surface area (Å²) in [5, 5.41) is 3.51. The van der Waals surface area contributed by atoms with Crippen LogP contribution in [0.2, 0.25) is 0 Å². The first-order valence-corrected chi connectivity index (χ1v) is 8.63. The molecular weight excluding hydrogens is 413 g/mol. The molecule has 2 aromatic rings. The van der Waals surface area contributed by atoms with Gasteiger partial charge in [0.15, 0.2) is 5.96 Å². The van der Waals surface area contributed by atoms with Gasteiger partial charge in [-0.05, 0) is 37.3 Å². The average Bonchev–Trinajstić information content (AvgIpc) is 2.98. The lowest BCUT2D eigenvalue weighted by atomic mass is 10.0. The number of nitrogens with zero attached hydrogens (tertiary/aromatic N) is 4. The minimum Gasteiger partial charge on any atom is -0.356 e. The molecule has 0 amide bonds. The maximum atomic E-state index is 4.44. The third-order valence-electron chi connectivity index (χ3n) is 4.55. The fourth-order valence-corrected chi connectivity index (χ4v) is 3.35. The number of aromatic nitrogens is 2. The van der Waals surface area contributed by atoms with E-state index in [4.69, 9.17) is 0 Å². The number of para-hydroxylation sites is 2. The van der Waals surface area contributed by atoms with Crippen molar-refractivity contribution in [1.82, 2.24) is 19.8 Å². The highest BCUT2D eigenvalue weighted by Crippen LogP contribution is 2.15. The van der Waals surface area contributed by atoms with Gasteiger partial charge in [0.2, 0.25) is 0 Å². The number of imidazole rings is 1. The van der Waals surface area contributed by atoms with Gasteiger partial charge in [-0.3, -0.25) is 4.99 Å². The number of piperidine rings is 1. The van der Waals surface area contributed by atoms with Crippen LogP contribution in [-0.4, -0.2) is 47.1 Å². The van der Waals surface area contributed by atoms with Gasteiger partial charge in [0, 0.05) is 33.2 Å². The number of hydrogen-bond acceptors (Lipinski definition) is 2. The van der Waals surface area contributed by atoms with Crippen molar-refractivity contribution in [2.75, 3.05) is 26.7 Å². The molecule has 1 atom stereocenters. The van der Waals surface area contributed by atoms with Gasteiger partial charge in [0.1, 0.15) is 0 Å². The van der Waals surface area contributed by atoms with Crippen LogP contribution < -0.4 is 5.32 Å². The van der Waals surface area contributed by atoms with E-state index in [2.05, 4.69) is 49.9 Å². The standard InChI is InChI=1S/C18H27N5.HI/c1-15-7-5-11-22(13-15)18(19-2)20-10-6-12-23-14-21-16-8-3-4-9-17(16)23;/h3-4,8-9,14-15H,5-7,10-13H2,1-2H3,(H,19,20);1H. The van der Waals surface area contributed by atoms with Gasteiger partial charge in [0.25, 0.3) is 0 Å². The first kappa shape index (κ1) is 19.0. The Balaban J connectivity index is 0.00000208. The molecule has 1 aliphatic rings. The fourth-order valence-electron chi connectivity index (χ4n) is 3.35. The first-order valence-electron chi connectivity index (χ1n) is 8.63. The first-order chi connectivity index (χ1) is 11.3. The molecule has 0 spiro atoms. The molecule has 5 nitrogen and oxygen atoms in total. The summed E-state index contributed by atoms with van der Waals surface area (Å²) >= 11 is 0. The molecule has 1 aromatic carbocycles. The van der Waals surface area contributed by atoms with Crippen molar-refractivity contribution in [1.29, 1.82) is 0 Å². The van der Waals surface area contributed by atoms with E-state index in [1.165, 1.54) is 18.4 Å². The largest absolute Gasteiger partial charge is 0.356 e. The predicted octanol–water partition coefficient (Wildman–Crippen LogP) is 3.35. The molecule has 1 aromatic heterocycles. The Bertz CT molecular complexity index is 666. The number of hydrogen-bond donors (Lipinski definition) is 1. The summed E-state index contributed by atoms with van der Waals surface area (Å²) in [4.78, 5) is 11.3. The number of benzene rings is 1. The third-order valence-corrected chi connectivity index (χ3v) is 4.55. The summed E-state index contributed by atoms with van der Waals surface area (Å²) in [6.45, 7) is 6.47. The van der Waals surface area contributed by atoms with Crippen molar-refractivity contribution in [2.24, 2.45) is 10.9 Å². The lowest BCUT2D eigenvalue weighted by Gasteiger charge is -2.33. The lowest BCUT2D eigenvalue weighted by molar-refractivity contribution is 0.266. The van der Waals surface area contributed by atoms with Crippen LogP contribution >= 0.6 is 24.0 Å². The summed E-state index contributed by atoms with van der Waals surface area (Å²) in [7, 11) is 1.88. The summed E-state index contributed by atoms with van der Waals surface area (Å²) in [6.07, 6.45) is 5.60. The summed E-state index contributed by atoms with van der Waals surface area (Å²) < 4.78 is 2.22. The van der Waals surface area contributed by atoms with Crippen molar-refractivity contribution in [2.45, 2.75) is 32.7 Å². The van der Waals surface area contributed by atoms with Gasteiger partial charge in [-0.15, -0.1) is 24.0 Å². The summed E-state index contributed by atoms with van der Waals surface area (Å²) in [5.41, 5.74) is 2.28. The molecule has 1 fully saturated rings. The maximum absolute atomic E-state index is 4.44. The molecule has 1 saturated heterocycles. The Hall–Kier alpha value is -1.31. The highest BCUT2D eigenvalue weighted by atomic mass is 127. The number of nitrogens with one attached hydrogen (secondary N) is 1. The Morgan fingerprint density at radius 3 is 3.00 bits per heavy atom. The zero-order valence-corrected chi connectivity index (χ0v) is 16.9. The third kappa shape index (κ3) is 4.62. The molecule has 1 aliphatic heterocycles. The van der Waals surface area contributed by atoms with Crippen LogP contribution in [0.25, 0.3) is 11.0 Å². The average molecular weight is 441 g/mol. The zero-order chi connectivity index (χ0) is 16.1. The van der Waals surface area contributed by atoms with Crippen LogP contribution in [-0.2, 0) is 6.54 Å². The minimum atomic E-state index is 0. The van der Waals surface area contributed by atoms with Crippen molar-refractivity contribution >= 4 is 41.0 Å². The van der Waals surface area contributed by atoms with Gasteiger partial charge in [-0.2, -0.15) is 0 Å². The van der Waals surface area contributed by atoms with Crippen LogP contribution in [0.1, 0.15) is 26.2 Å². The monoisotopic (exact) mass is 441 g/mol. The molecule has 0 bridgehead atoms. The van der Waals surface area contributed by atoms with Crippen LogP contribution in [0.4, 0.5) is 0 Å². The molecule has 132 valence electrons. The van der Waals surface area contributed by atoms with E-state index in [0.29, 0.717) is 0 Å². The van der Waals surface area contributed by atoms with E-state index in [9.17, 15) is 0 Å². The minimum absolute atomic E-state index is 0. The molecule has 1 N–H and O–H groups in total. The Labute approximate surface area is 161 Å². The van der Waals surface area contributed by atoms with E-state index in [-0.39, 0.29) is 24.0 Å². The quantitative estimate of drug-likeness (QED) is 0.343. The van der Waals surface area contributed by atoms with E-state index in [1.54, 1.807) is 0 Å². The highest BCUT2D eigenvalue weighted by molar-refractivity contribution is 14.0. The van der Waals surface area contributed by atoms with E-state index in [0.717, 1.165) is 50.0 Å². The van der Waals surface area contributed by atoms with E-state index in [1.807, 2.05) is 19.4 Å². The topological polar surface area (TPSA) is 45.5 Å². The smallest absolute Gasteiger partial charge is 0.193 e. The number of rotatable bonds is 4. The second-order valence-corrected chi connectivity index (χ2v) is 6.45. The van der Waals surface area contributed by atoms with E-state index >= 15 is 0 Å². The van der Waals surface area contributed by atoms with Crippen LogP contribution in [0.3, 0.4) is 0 Å². The van der Waals surface area contributed by atoms with Gasteiger partial charge in [-0.1, -0.05) is 19.1 Å². The van der Waals surface area contributed by atoms with Gasteiger partial charge >= 0.3 is 0 Å². The number of fused-ring (bicyclic) bond motifs is 1. The van der Waals surface area contributed by atoms with Crippen molar-refractivity contribution in [3.05, 3.63) is 30.6 Å². The molecule has 6 heteroatoms. The van der Waals surface area contributed by atoms with Crippen molar-refractivity contribution in [3.63, 3.8) is 0 Å². The Kier molecular flexibility index (Phi) is 7.33. The van der Waals surface area contributed by atoms with Gasteiger partial charge < -0.3 is 14.8 Å². The van der Waals surface area contributed by atoms with Crippen LogP contribution in [0.15, 0.2) is 35.6 Å². The Morgan fingerprint density at radius 2 is 2.21 bits per heavy atom. The van der Waals surface area contributed by atoms with Gasteiger partial charge in [-0.25, -0.2) is 4.98 Å². The Morgan fingerprint density at radius 1 is 1.38 bits per heavy atom. The number of likely N-dealkylation sites (tertiary alicyclic amines) is 1. The van der Waals surface area contributed by atoms with Crippen molar-refractivity contribution in [3.8, 4) is 0 Å². The lowest BCUT2D eigenvalue weighted by Crippen LogP contribution is -2.46. The highest BCUT2D eigenvalue weighted by Gasteiger charge is 2.18. The van der Waals surface area contributed by atoms with Gasteiger partial charge in [0.05, 0.1) is 17.4 Å². The second-order valence-electron chi connectivity index (χ2n) is 6.45. The van der Waals surface area contributed by atoms with E-state index < -0.39 is 0 Å². The number of halogens is 1. The molecule has 24 heavy (non-hydrogen) atoms. The summed E-state index contributed by atoms with van der Waals surface area (Å²) in [5.74, 6) is 1.81. The van der Waals surface area contributed by atoms with Crippen molar-refractivity contribution < 1.29 is 0 Å². The summed E-state index contributed by atoms with van der Waals surface area (Å²) in [6, 6.07) is 8.29. The molecule has 3 rings (SSSR count). The zero-order valence-electron chi connectivity index (χ0n) is 14.6. The molecule has 2 heterocycles. The molecule has 0 radical (unpaired) electrons. The molecule has 0 saturated carbocycles. The SMILES string of the molecule is CN=C(NCCCn1cnc2ccccc21)N1CCCC(C)C1.I. The number of aryl methyl sites for hydroxylation is 1. The molecule has 1 unspecified atom stereocenters.